The van der Waals surface area contributed by atoms with E-state index < -0.39 is 97.5 Å². The lowest BCUT2D eigenvalue weighted by Gasteiger charge is -2.21. The van der Waals surface area contributed by atoms with Crippen molar-refractivity contribution >= 4 is 39.5 Å². The number of carbonyl (C=O) groups is 4. The van der Waals surface area contributed by atoms with Crippen molar-refractivity contribution in [3.63, 3.8) is 0 Å². The predicted octanol–water partition coefficient (Wildman–Crippen LogP) is 22.3. The number of aliphatic hydroxyl groups excluding tert-OH is 1. The molecule has 0 amide bonds. The Morgan fingerprint density at radius 2 is 0.484 bits per heavy atom. The molecule has 0 aliphatic heterocycles. The summed E-state index contributed by atoms with van der Waals surface area (Å²) in [6, 6.07) is 0. The Balaban J connectivity index is 5.19. The highest BCUT2D eigenvalue weighted by Crippen LogP contribution is 2.45. The number of hydrogen-bond donors (Lipinski definition) is 3. The lowest BCUT2D eigenvalue weighted by atomic mass is 10.0. The largest absolute Gasteiger partial charge is 0.472 e. The zero-order chi connectivity index (χ0) is 70.0. The van der Waals surface area contributed by atoms with Gasteiger partial charge in [-0.3, -0.25) is 37.3 Å². The number of aliphatic hydroxyl groups is 1. The first kappa shape index (κ1) is 93.1. The van der Waals surface area contributed by atoms with Crippen LogP contribution in [0.5, 0.6) is 0 Å². The number of rotatable bonds is 75. The maximum atomic E-state index is 13.1. The molecular formula is C76H148O17P2. The van der Waals surface area contributed by atoms with Crippen LogP contribution in [0.4, 0.5) is 0 Å². The van der Waals surface area contributed by atoms with Crippen LogP contribution in [0.3, 0.4) is 0 Å². The van der Waals surface area contributed by atoms with Crippen molar-refractivity contribution in [2.45, 2.75) is 413 Å². The fraction of sp³-hybridized carbons (Fsp3) is 0.947. The minimum absolute atomic E-state index is 0.105. The fourth-order valence-corrected chi connectivity index (χ4v) is 13.2. The third-order valence-corrected chi connectivity index (χ3v) is 19.6. The molecule has 17 nitrogen and oxygen atoms in total. The third kappa shape index (κ3) is 70.3. The molecule has 0 saturated carbocycles. The average molecular weight is 1400 g/mol. The molecule has 5 atom stereocenters. The van der Waals surface area contributed by atoms with Gasteiger partial charge in [-0.05, 0) is 37.5 Å². The molecule has 95 heavy (non-hydrogen) atoms. The SMILES string of the molecule is CCCCCCCCCCCCCCCCCCCCCCCC(=O)O[C@H](COC(=O)CCCCCCCCCCCCC(C)C)COP(=O)(O)OC[C@@H](O)COP(=O)(O)OC[C@@H](COC(=O)CCCCCCCCCCC)OC(=O)CCCCCCCCCCCC(C)C. The van der Waals surface area contributed by atoms with Crippen molar-refractivity contribution in [1.82, 2.24) is 0 Å². The highest BCUT2D eigenvalue weighted by molar-refractivity contribution is 7.47. The molecular weight excluding hydrogens is 1250 g/mol. The Kier molecular flexibility index (Phi) is 66.5. The summed E-state index contributed by atoms with van der Waals surface area (Å²) in [5, 5.41) is 10.6. The number of phosphoric acid groups is 2. The van der Waals surface area contributed by atoms with Gasteiger partial charge in [0.2, 0.25) is 0 Å². The van der Waals surface area contributed by atoms with Gasteiger partial charge in [-0.15, -0.1) is 0 Å². The van der Waals surface area contributed by atoms with Crippen molar-refractivity contribution in [1.29, 1.82) is 0 Å². The van der Waals surface area contributed by atoms with E-state index in [1.807, 2.05) is 0 Å². The summed E-state index contributed by atoms with van der Waals surface area (Å²) < 4.78 is 68.5. The van der Waals surface area contributed by atoms with Gasteiger partial charge in [-0.2, -0.15) is 0 Å². The molecule has 0 aromatic heterocycles. The molecule has 0 bridgehead atoms. The summed E-state index contributed by atoms with van der Waals surface area (Å²) >= 11 is 0. The topological polar surface area (TPSA) is 237 Å². The van der Waals surface area contributed by atoms with E-state index in [1.165, 1.54) is 212 Å². The second kappa shape index (κ2) is 67.9. The quantitative estimate of drug-likeness (QED) is 0.0222. The normalized spacial score (nSPS) is 14.0. The van der Waals surface area contributed by atoms with E-state index in [0.29, 0.717) is 25.7 Å². The van der Waals surface area contributed by atoms with Crippen molar-refractivity contribution in [3.05, 3.63) is 0 Å². The van der Waals surface area contributed by atoms with E-state index in [4.69, 9.17) is 37.0 Å². The van der Waals surface area contributed by atoms with Gasteiger partial charge in [0.1, 0.15) is 19.3 Å². The Morgan fingerprint density at radius 1 is 0.284 bits per heavy atom. The molecule has 2 unspecified atom stereocenters. The Labute approximate surface area is 581 Å². The molecule has 0 aliphatic rings. The summed E-state index contributed by atoms with van der Waals surface area (Å²) in [6.07, 6.45) is 55.7. The van der Waals surface area contributed by atoms with Gasteiger partial charge in [0.25, 0.3) is 0 Å². The Morgan fingerprint density at radius 3 is 0.716 bits per heavy atom. The first-order valence-corrected chi connectivity index (χ1v) is 42.5. The van der Waals surface area contributed by atoms with Crippen LogP contribution in [0.15, 0.2) is 0 Å². The van der Waals surface area contributed by atoms with Crippen LogP contribution in [0, 0.1) is 11.8 Å². The van der Waals surface area contributed by atoms with Gasteiger partial charge in [0.15, 0.2) is 12.2 Å². The second-order valence-electron chi connectivity index (χ2n) is 28.3. The van der Waals surface area contributed by atoms with Gasteiger partial charge in [-0.25, -0.2) is 9.13 Å². The first-order chi connectivity index (χ1) is 45.9. The number of ether oxygens (including phenoxy) is 4. The lowest BCUT2D eigenvalue weighted by molar-refractivity contribution is -0.161. The number of esters is 4. The van der Waals surface area contributed by atoms with Crippen LogP contribution in [-0.4, -0.2) is 96.7 Å². The lowest BCUT2D eigenvalue weighted by Crippen LogP contribution is -2.30. The monoisotopic (exact) mass is 1400 g/mol. The summed E-state index contributed by atoms with van der Waals surface area (Å²) in [5.41, 5.74) is 0. The van der Waals surface area contributed by atoms with Crippen LogP contribution < -0.4 is 0 Å². The Bertz CT molecular complexity index is 1840. The smallest absolute Gasteiger partial charge is 0.462 e. The molecule has 0 aromatic carbocycles. The van der Waals surface area contributed by atoms with Gasteiger partial charge < -0.3 is 33.8 Å². The molecule has 0 aromatic rings. The van der Waals surface area contributed by atoms with Crippen molar-refractivity contribution < 1.29 is 80.2 Å². The molecule has 0 heterocycles. The fourth-order valence-electron chi connectivity index (χ4n) is 11.7. The molecule has 564 valence electrons. The summed E-state index contributed by atoms with van der Waals surface area (Å²) in [7, 11) is -9.91. The highest BCUT2D eigenvalue weighted by atomic mass is 31.2. The maximum Gasteiger partial charge on any atom is 0.472 e. The number of unbranched alkanes of at least 4 members (excludes halogenated alkanes) is 45. The number of carbonyl (C=O) groups excluding carboxylic acids is 4. The number of phosphoric ester groups is 2. The van der Waals surface area contributed by atoms with E-state index >= 15 is 0 Å². The van der Waals surface area contributed by atoms with Crippen LogP contribution in [-0.2, 0) is 65.4 Å². The summed E-state index contributed by atoms with van der Waals surface area (Å²) in [4.78, 5) is 72.7. The van der Waals surface area contributed by atoms with Crippen molar-refractivity contribution in [2.24, 2.45) is 11.8 Å². The molecule has 0 rings (SSSR count). The molecule has 0 aliphatic carbocycles. The van der Waals surface area contributed by atoms with Gasteiger partial charge in [0, 0.05) is 25.7 Å². The molecule has 0 radical (unpaired) electrons. The molecule has 0 saturated heterocycles. The van der Waals surface area contributed by atoms with E-state index in [-0.39, 0.29) is 25.7 Å². The second-order valence-corrected chi connectivity index (χ2v) is 31.3. The van der Waals surface area contributed by atoms with Crippen LogP contribution in [0.25, 0.3) is 0 Å². The van der Waals surface area contributed by atoms with Crippen molar-refractivity contribution in [2.75, 3.05) is 39.6 Å². The van der Waals surface area contributed by atoms with E-state index in [2.05, 4.69) is 41.5 Å². The average Bonchev–Trinajstić information content (AvgIpc) is 1.62. The highest BCUT2D eigenvalue weighted by Gasteiger charge is 2.30. The summed E-state index contributed by atoms with van der Waals surface area (Å²) in [5.74, 6) is -0.624. The third-order valence-electron chi connectivity index (χ3n) is 17.7. The van der Waals surface area contributed by atoms with Crippen molar-refractivity contribution in [3.8, 4) is 0 Å². The Hall–Kier alpha value is -1.94. The van der Waals surface area contributed by atoms with Crippen LogP contribution >= 0.6 is 15.6 Å². The molecule has 0 spiro atoms. The van der Waals surface area contributed by atoms with E-state index in [9.17, 15) is 43.2 Å². The van der Waals surface area contributed by atoms with Crippen LogP contribution in [0.1, 0.15) is 395 Å². The predicted molar refractivity (Wildman–Crippen MR) is 386 cm³/mol. The van der Waals surface area contributed by atoms with Gasteiger partial charge in [0.05, 0.1) is 26.4 Å². The number of hydrogen-bond acceptors (Lipinski definition) is 15. The first-order valence-electron chi connectivity index (χ1n) is 39.5. The molecule has 19 heteroatoms. The van der Waals surface area contributed by atoms with Crippen LogP contribution in [0.2, 0.25) is 0 Å². The van der Waals surface area contributed by atoms with E-state index in [0.717, 1.165) is 102 Å². The van der Waals surface area contributed by atoms with Gasteiger partial charge in [-0.1, -0.05) is 343 Å². The standard InChI is InChI=1S/C76H148O17P2/c1-7-9-11-13-15-17-18-19-20-21-22-23-24-25-26-27-28-36-42-48-54-60-75(80)92-72(65-87-74(79)59-53-47-41-35-30-29-33-38-44-50-56-68(3)4)67-91-95(84,85)89-63-70(77)62-88-94(82,83)90-66-71(64-86-73(78)58-52-46-40-32-16-14-12-10-8-2)93-76(81)61-55-49-43-37-31-34-39-45-51-57-69(5)6/h68-72,77H,7-67H2,1-6H3,(H,82,83)(H,84,85)/t70-,71+,72+/m0/s1. The van der Waals surface area contributed by atoms with Gasteiger partial charge >= 0.3 is 39.5 Å². The molecule has 0 fully saturated rings. The minimum Gasteiger partial charge on any atom is -0.462 e. The molecule has 3 N–H and O–H groups in total. The van der Waals surface area contributed by atoms with E-state index in [1.54, 1.807) is 0 Å². The minimum atomic E-state index is -4.96. The summed E-state index contributed by atoms with van der Waals surface area (Å²) in [6.45, 7) is 9.54. The zero-order valence-corrected chi connectivity index (χ0v) is 63.8. The zero-order valence-electron chi connectivity index (χ0n) is 62.0. The maximum absolute atomic E-state index is 13.1.